The number of hydrogen-bond acceptors (Lipinski definition) is 6. The first-order valence-electron chi connectivity index (χ1n) is 6.39. The van der Waals surface area contributed by atoms with E-state index in [4.69, 9.17) is 0 Å². The lowest BCUT2D eigenvalue weighted by atomic mass is 10.2. The van der Waals surface area contributed by atoms with Gasteiger partial charge in [-0.05, 0) is 5.56 Å². The molecule has 0 saturated carbocycles. The summed E-state index contributed by atoms with van der Waals surface area (Å²) in [6.45, 7) is -0.364. The molecule has 0 unspecified atom stereocenters. The minimum absolute atomic E-state index is 0.0765. The lowest BCUT2D eigenvalue weighted by Crippen LogP contribution is -2.30. The van der Waals surface area contributed by atoms with Crippen LogP contribution in [0.2, 0.25) is 0 Å². The largest absolute Gasteiger partial charge is 0.306 e. The smallest absolute Gasteiger partial charge is 0.258 e. The lowest BCUT2D eigenvalue weighted by Gasteiger charge is -2.14. The zero-order chi connectivity index (χ0) is 17.9. The van der Waals surface area contributed by atoms with Crippen LogP contribution < -0.4 is 5.01 Å². The number of nitro benzene ring substituents is 2. The summed E-state index contributed by atoms with van der Waals surface area (Å²) in [5.74, 6) is 0. The van der Waals surface area contributed by atoms with Gasteiger partial charge in [-0.25, -0.2) is 10.1 Å². The van der Waals surface area contributed by atoms with Gasteiger partial charge >= 0.3 is 11.4 Å². The number of benzene rings is 2. The molecule has 24 heavy (non-hydrogen) atoms. The van der Waals surface area contributed by atoms with E-state index in [0.717, 1.165) is 12.1 Å². The first kappa shape index (κ1) is 17.3. The Balaban J connectivity index is 2.66. The quantitative estimate of drug-likeness (QED) is 0.538. The van der Waals surface area contributed by atoms with Crippen molar-refractivity contribution in [2.45, 2.75) is 6.54 Å². The Morgan fingerprint density at radius 1 is 0.917 bits per heavy atom. The van der Waals surface area contributed by atoms with Crippen molar-refractivity contribution >= 4 is 33.0 Å². The molecule has 0 amide bonds. The number of halogens is 1. The number of nitro groups is 3. The second-order valence-corrected chi connectivity index (χ2v) is 5.50. The highest BCUT2D eigenvalue weighted by Gasteiger charge is 2.36. The molecule has 0 aromatic heterocycles. The van der Waals surface area contributed by atoms with E-state index in [0.29, 0.717) is 10.6 Å². The van der Waals surface area contributed by atoms with Crippen LogP contribution in [0.25, 0.3) is 0 Å². The number of rotatable bonds is 6. The fourth-order valence-corrected chi connectivity index (χ4v) is 2.52. The lowest BCUT2D eigenvalue weighted by molar-refractivity contribution is -0.499. The van der Waals surface area contributed by atoms with E-state index in [1.54, 1.807) is 30.3 Å². The number of hydrogen-bond donors (Lipinski definition) is 0. The Morgan fingerprint density at radius 2 is 1.42 bits per heavy atom. The molecule has 0 atom stereocenters. The minimum atomic E-state index is -0.907. The predicted octanol–water partition coefficient (Wildman–Crippen LogP) is 3.46. The predicted molar refractivity (Wildman–Crippen MR) is 87.1 cm³/mol. The molecule has 0 spiro atoms. The van der Waals surface area contributed by atoms with Crippen LogP contribution in [0.4, 0.5) is 17.1 Å². The molecule has 11 heteroatoms. The molecule has 0 heterocycles. The van der Waals surface area contributed by atoms with Crippen molar-refractivity contribution in [3.05, 3.63) is 82.8 Å². The van der Waals surface area contributed by atoms with E-state index in [9.17, 15) is 30.3 Å². The molecule has 0 N–H and O–H groups in total. The van der Waals surface area contributed by atoms with Crippen molar-refractivity contribution in [3.8, 4) is 0 Å². The SMILES string of the molecule is O=[N+]([O-])c1cc(Br)cc([N+](=O)[O-])c1N(Cc1ccccc1)[N+](=O)[O-]. The molecule has 0 aliphatic carbocycles. The summed E-state index contributed by atoms with van der Waals surface area (Å²) in [7, 11) is 0. The van der Waals surface area contributed by atoms with Crippen LogP contribution in [0.15, 0.2) is 46.9 Å². The number of anilines is 1. The number of nitrogens with zero attached hydrogens (tertiary/aromatic N) is 4. The van der Waals surface area contributed by atoms with Crippen LogP contribution in [0, 0.1) is 30.3 Å². The second-order valence-electron chi connectivity index (χ2n) is 4.59. The zero-order valence-electron chi connectivity index (χ0n) is 11.9. The van der Waals surface area contributed by atoms with E-state index < -0.39 is 31.9 Å². The summed E-state index contributed by atoms with van der Waals surface area (Å²) in [6, 6.07) is 10.1. The first-order chi connectivity index (χ1) is 11.3. The van der Waals surface area contributed by atoms with E-state index in [2.05, 4.69) is 15.9 Å². The maximum Gasteiger partial charge on any atom is 0.306 e. The Labute approximate surface area is 142 Å². The van der Waals surface area contributed by atoms with Gasteiger partial charge in [-0.1, -0.05) is 51.3 Å². The Bertz CT molecular complexity index is 778. The van der Waals surface area contributed by atoms with Crippen LogP contribution in [-0.2, 0) is 6.54 Å². The molecule has 0 fully saturated rings. The highest BCUT2D eigenvalue weighted by atomic mass is 79.9. The van der Waals surface area contributed by atoms with Gasteiger partial charge < -0.3 is 0 Å². The normalized spacial score (nSPS) is 10.2. The van der Waals surface area contributed by atoms with E-state index in [-0.39, 0.29) is 11.0 Å². The van der Waals surface area contributed by atoms with Gasteiger partial charge in [0.25, 0.3) is 5.69 Å². The van der Waals surface area contributed by atoms with Crippen LogP contribution in [0.5, 0.6) is 0 Å². The van der Waals surface area contributed by atoms with Crippen molar-refractivity contribution in [1.82, 2.24) is 0 Å². The van der Waals surface area contributed by atoms with Gasteiger partial charge in [0.2, 0.25) is 0 Å². The molecule has 0 bridgehead atoms. The summed E-state index contributed by atoms with van der Waals surface area (Å²) in [5.41, 5.74) is -1.67. The topological polar surface area (TPSA) is 133 Å². The van der Waals surface area contributed by atoms with Crippen molar-refractivity contribution in [2.75, 3.05) is 5.01 Å². The molecule has 124 valence electrons. The van der Waals surface area contributed by atoms with Crippen LogP contribution in [0.3, 0.4) is 0 Å². The Morgan fingerprint density at radius 3 is 1.83 bits per heavy atom. The third-order valence-electron chi connectivity index (χ3n) is 3.06. The average Bonchev–Trinajstić information content (AvgIpc) is 2.52. The summed E-state index contributed by atoms with van der Waals surface area (Å²) in [5, 5.41) is 33.4. The van der Waals surface area contributed by atoms with Crippen molar-refractivity contribution in [2.24, 2.45) is 0 Å². The maximum atomic E-state index is 11.4. The average molecular weight is 397 g/mol. The van der Waals surface area contributed by atoms with Crippen LogP contribution in [-0.4, -0.2) is 14.9 Å². The Kier molecular flexibility index (Phi) is 5.04. The van der Waals surface area contributed by atoms with Crippen LogP contribution in [0.1, 0.15) is 5.56 Å². The van der Waals surface area contributed by atoms with Gasteiger partial charge in [-0.15, -0.1) is 0 Å². The Hall–Kier alpha value is -3.08. The van der Waals surface area contributed by atoms with Crippen molar-refractivity contribution in [1.29, 1.82) is 0 Å². The summed E-state index contributed by atoms with van der Waals surface area (Å²) in [4.78, 5) is 32.1. The molecular weight excluding hydrogens is 388 g/mol. The molecule has 0 aliphatic heterocycles. The van der Waals surface area contributed by atoms with E-state index in [1.165, 1.54) is 0 Å². The van der Waals surface area contributed by atoms with E-state index >= 15 is 0 Å². The van der Waals surface area contributed by atoms with Gasteiger partial charge in [0.05, 0.1) is 9.85 Å². The fourth-order valence-electron chi connectivity index (χ4n) is 2.09. The zero-order valence-corrected chi connectivity index (χ0v) is 13.5. The van der Waals surface area contributed by atoms with Crippen LogP contribution >= 0.6 is 15.9 Å². The third kappa shape index (κ3) is 3.63. The molecule has 2 aromatic carbocycles. The summed E-state index contributed by atoms with van der Waals surface area (Å²) < 4.78 is 0.0765. The summed E-state index contributed by atoms with van der Waals surface area (Å²) in [6.07, 6.45) is 0. The monoisotopic (exact) mass is 396 g/mol. The summed E-state index contributed by atoms with van der Waals surface area (Å²) >= 11 is 2.94. The van der Waals surface area contributed by atoms with Crippen molar-refractivity contribution < 1.29 is 14.9 Å². The molecular formula is C13H9BrN4O6. The van der Waals surface area contributed by atoms with Gasteiger partial charge in [0.15, 0.2) is 5.03 Å². The first-order valence-corrected chi connectivity index (χ1v) is 7.18. The molecule has 10 nitrogen and oxygen atoms in total. The minimum Gasteiger partial charge on any atom is -0.258 e. The fraction of sp³-hybridized carbons (Fsp3) is 0.0769. The number of hydrazine groups is 1. The van der Waals surface area contributed by atoms with E-state index in [1.807, 2.05) is 0 Å². The second kappa shape index (κ2) is 7.00. The van der Waals surface area contributed by atoms with Gasteiger partial charge in [-0.3, -0.25) is 20.2 Å². The maximum absolute atomic E-state index is 11.4. The highest BCUT2D eigenvalue weighted by molar-refractivity contribution is 9.10. The van der Waals surface area contributed by atoms with Gasteiger partial charge in [0.1, 0.15) is 6.54 Å². The molecule has 0 aliphatic rings. The molecule has 0 saturated heterocycles. The highest BCUT2D eigenvalue weighted by Crippen LogP contribution is 2.40. The molecule has 0 radical (unpaired) electrons. The third-order valence-corrected chi connectivity index (χ3v) is 3.52. The molecule has 2 aromatic rings. The van der Waals surface area contributed by atoms with Crippen molar-refractivity contribution in [3.63, 3.8) is 0 Å². The van der Waals surface area contributed by atoms with Gasteiger partial charge in [0, 0.05) is 16.6 Å². The standard InChI is InChI=1S/C13H9BrN4O6/c14-10-6-11(16(19)20)13(12(7-10)17(21)22)15(18(23)24)8-9-4-2-1-3-5-9/h1-7H,8H2. The van der Waals surface area contributed by atoms with Gasteiger partial charge in [-0.2, -0.15) is 0 Å². The molecule has 2 rings (SSSR count).